The summed E-state index contributed by atoms with van der Waals surface area (Å²) in [5.74, 6) is 2.06. The fraction of sp³-hybridized carbons (Fsp3) is 0.556. The van der Waals surface area contributed by atoms with Gasteiger partial charge in [0.15, 0.2) is 5.96 Å². The maximum absolute atomic E-state index is 10.5. The summed E-state index contributed by atoms with van der Waals surface area (Å²) in [6, 6.07) is 3.51. The molecule has 2 aromatic heterocycles. The highest BCUT2D eigenvalue weighted by atomic mass is 16.5. The van der Waals surface area contributed by atoms with Crippen molar-refractivity contribution in [1.29, 1.82) is 0 Å². The molecule has 2 aromatic rings. The molecule has 0 fully saturated rings. The Kier molecular flexibility index (Phi) is 6.64. The summed E-state index contributed by atoms with van der Waals surface area (Å²) in [5, 5.41) is 20.9. The van der Waals surface area contributed by atoms with Crippen molar-refractivity contribution in [3.05, 3.63) is 41.2 Å². The largest absolute Gasteiger partial charge is 0.466 e. The monoisotopic (exact) mass is 348 g/mol. The lowest BCUT2D eigenvalue weighted by atomic mass is 10.0. The average Bonchev–Trinajstić information content (AvgIpc) is 3.21. The van der Waals surface area contributed by atoms with Crippen LogP contribution >= 0.6 is 0 Å². The van der Waals surface area contributed by atoms with Gasteiger partial charge >= 0.3 is 0 Å². The van der Waals surface area contributed by atoms with Crippen molar-refractivity contribution in [1.82, 2.24) is 15.8 Å². The van der Waals surface area contributed by atoms with E-state index >= 15 is 0 Å². The predicted molar refractivity (Wildman–Crippen MR) is 96.6 cm³/mol. The van der Waals surface area contributed by atoms with Gasteiger partial charge in [-0.1, -0.05) is 5.16 Å². The van der Waals surface area contributed by atoms with Crippen LogP contribution in [0.3, 0.4) is 0 Å². The van der Waals surface area contributed by atoms with Gasteiger partial charge in [-0.3, -0.25) is 0 Å². The fourth-order valence-electron chi connectivity index (χ4n) is 2.57. The Morgan fingerprint density at radius 3 is 2.76 bits per heavy atom. The molecule has 1 unspecified atom stereocenters. The minimum absolute atomic E-state index is 0.208. The van der Waals surface area contributed by atoms with Crippen LogP contribution in [0.25, 0.3) is 0 Å². The van der Waals surface area contributed by atoms with E-state index in [2.05, 4.69) is 20.8 Å². The highest BCUT2D eigenvalue weighted by molar-refractivity contribution is 5.79. The van der Waals surface area contributed by atoms with Crippen LogP contribution in [0, 0.1) is 13.8 Å². The molecule has 0 aliphatic heterocycles. The first-order chi connectivity index (χ1) is 11.9. The molecule has 2 heterocycles. The Morgan fingerprint density at radius 2 is 2.16 bits per heavy atom. The van der Waals surface area contributed by atoms with E-state index < -0.39 is 5.60 Å². The summed E-state index contributed by atoms with van der Waals surface area (Å²) in [4.78, 5) is 4.46. The van der Waals surface area contributed by atoms with Crippen LogP contribution in [0.2, 0.25) is 0 Å². The molecule has 2 rings (SSSR count). The number of nitrogens with zero attached hydrogens (tertiary/aromatic N) is 2. The van der Waals surface area contributed by atoms with Gasteiger partial charge in [0, 0.05) is 18.7 Å². The first-order valence-corrected chi connectivity index (χ1v) is 8.64. The molecular weight excluding hydrogens is 320 g/mol. The van der Waals surface area contributed by atoms with E-state index in [-0.39, 0.29) is 6.54 Å². The summed E-state index contributed by atoms with van der Waals surface area (Å²) in [5.41, 5.74) is 0.986. The third kappa shape index (κ3) is 5.35. The van der Waals surface area contributed by atoms with Gasteiger partial charge in [-0.25, -0.2) is 4.99 Å². The van der Waals surface area contributed by atoms with E-state index in [0.29, 0.717) is 11.7 Å². The SMILES string of the molecule is CCNC(=NCC(C)(O)c1ccco1)NCCCc1c(C)noc1C. The second-order valence-corrected chi connectivity index (χ2v) is 6.28. The third-order valence-electron chi connectivity index (χ3n) is 4.02. The van der Waals surface area contributed by atoms with Crippen molar-refractivity contribution in [2.75, 3.05) is 19.6 Å². The molecule has 0 saturated heterocycles. The lowest BCUT2D eigenvalue weighted by Gasteiger charge is -2.19. The molecule has 25 heavy (non-hydrogen) atoms. The molecule has 0 saturated carbocycles. The van der Waals surface area contributed by atoms with Crippen LogP contribution < -0.4 is 10.6 Å². The number of furan rings is 1. The Bertz CT molecular complexity index is 655. The van der Waals surface area contributed by atoms with Crippen LogP contribution in [0.1, 0.15) is 43.0 Å². The van der Waals surface area contributed by atoms with Crippen molar-refractivity contribution in [3.63, 3.8) is 0 Å². The lowest BCUT2D eigenvalue weighted by molar-refractivity contribution is 0.0437. The molecule has 0 amide bonds. The van der Waals surface area contributed by atoms with Crippen LogP contribution in [0.5, 0.6) is 0 Å². The van der Waals surface area contributed by atoms with E-state index in [4.69, 9.17) is 8.94 Å². The van der Waals surface area contributed by atoms with E-state index in [9.17, 15) is 5.11 Å². The molecule has 1 atom stereocenters. The number of aryl methyl sites for hydroxylation is 2. The zero-order chi connectivity index (χ0) is 18.3. The summed E-state index contributed by atoms with van der Waals surface area (Å²) >= 11 is 0. The Morgan fingerprint density at radius 1 is 1.36 bits per heavy atom. The van der Waals surface area contributed by atoms with E-state index in [1.165, 1.54) is 5.56 Å². The van der Waals surface area contributed by atoms with Gasteiger partial charge in [-0.2, -0.15) is 0 Å². The second kappa shape index (κ2) is 8.71. The third-order valence-corrected chi connectivity index (χ3v) is 4.02. The molecule has 0 spiro atoms. The lowest BCUT2D eigenvalue weighted by Crippen LogP contribution is -2.39. The predicted octanol–water partition coefficient (Wildman–Crippen LogP) is 2.28. The number of aliphatic hydroxyl groups is 1. The number of hydrogen-bond acceptors (Lipinski definition) is 5. The number of rotatable bonds is 8. The number of aliphatic imine (C=N–C) groups is 1. The van der Waals surface area contributed by atoms with Gasteiger partial charge in [-0.05, 0) is 52.7 Å². The van der Waals surface area contributed by atoms with Gasteiger partial charge < -0.3 is 24.7 Å². The first-order valence-electron chi connectivity index (χ1n) is 8.64. The molecule has 0 bridgehead atoms. The van der Waals surface area contributed by atoms with Gasteiger partial charge in [-0.15, -0.1) is 0 Å². The van der Waals surface area contributed by atoms with Crippen molar-refractivity contribution in [2.24, 2.45) is 4.99 Å². The smallest absolute Gasteiger partial charge is 0.191 e. The van der Waals surface area contributed by atoms with E-state index in [0.717, 1.165) is 37.4 Å². The van der Waals surface area contributed by atoms with Crippen LogP contribution in [0.4, 0.5) is 0 Å². The molecular formula is C18H28N4O3. The van der Waals surface area contributed by atoms with Crippen molar-refractivity contribution in [3.8, 4) is 0 Å². The molecule has 0 aliphatic carbocycles. The van der Waals surface area contributed by atoms with Crippen LogP contribution in [0.15, 0.2) is 32.3 Å². The summed E-state index contributed by atoms with van der Waals surface area (Å²) in [6.45, 7) is 9.31. The molecule has 0 aromatic carbocycles. The van der Waals surface area contributed by atoms with Crippen molar-refractivity contribution in [2.45, 2.75) is 46.1 Å². The van der Waals surface area contributed by atoms with Crippen LogP contribution in [-0.4, -0.2) is 35.9 Å². The average molecular weight is 348 g/mol. The molecule has 3 N–H and O–H groups in total. The Hall–Kier alpha value is -2.28. The zero-order valence-corrected chi connectivity index (χ0v) is 15.4. The minimum Gasteiger partial charge on any atom is -0.466 e. The normalized spacial score (nSPS) is 14.4. The highest BCUT2D eigenvalue weighted by Crippen LogP contribution is 2.21. The minimum atomic E-state index is -1.14. The molecule has 0 aliphatic rings. The van der Waals surface area contributed by atoms with Crippen LogP contribution in [-0.2, 0) is 12.0 Å². The number of guanidine groups is 1. The number of nitrogens with one attached hydrogen (secondary N) is 2. The number of aromatic nitrogens is 1. The maximum Gasteiger partial charge on any atom is 0.191 e. The molecule has 7 nitrogen and oxygen atoms in total. The topological polar surface area (TPSA) is 95.8 Å². The molecule has 7 heteroatoms. The highest BCUT2D eigenvalue weighted by Gasteiger charge is 2.26. The standard InChI is InChI=1S/C18H28N4O3/c1-5-19-17(21-12-18(4,23)16-9-7-11-24-16)20-10-6-8-15-13(2)22-25-14(15)3/h7,9,11,23H,5-6,8,10,12H2,1-4H3,(H2,19,20,21). The Labute approximate surface area is 148 Å². The molecule has 138 valence electrons. The van der Waals surface area contributed by atoms with Gasteiger partial charge in [0.05, 0.1) is 18.5 Å². The van der Waals surface area contributed by atoms with Crippen molar-refractivity contribution < 1.29 is 14.0 Å². The second-order valence-electron chi connectivity index (χ2n) is 6.28. The maximum atomic E-state index is 10.5. The summed E-state index contributed by atoms with van der Waals surface area (Å²) < 4.78 is 10.5. The van der Waals surface area contributed by atoms with Gasteiger partial charge in [0.25, 0.3) is 0 Å². The summed E-state index contributed by atoms with van der Waals surface area (Å²) in [6.07, 6.45) is 3.38. The summed E-state index contributed by atoms with van der Waals surface area (Å²) in [7, 11) is 0. The quantitative estimate of drug-likeness (QED) is 0.385. The van der Waals surface area contributed by atoms with Gasteiger partial charge in [0.1, 0.15) is 17.1 Å². The van der Waals surface area contributed by atoms with E-state index in [1.807, 2.05) is 20.8 Å². The van der Waals surface area contributed by atoms with Crippen molar-refractivity contribution >= 4 is 5.96 Å². The Balaban J connectivity index is 1.85. The zero-order valence-electron chi connectivity index (χ0n) is 15.4. The fourth-order valence-corrected chi connectivity index (χ4v) is 2.57. The first kappa shape index (κ1) is 19.1. The number of hydrogen-bond donors (Lipinski definition) is 3. The van der Waals surface area contributed by atoms with E-state index in [1.54, 1.807) is 25.3 Å². The van der Waals surface area contributed by atoms with Gasteiger partial charge in [0.2, 0.25) is 0 Å². The molecule has 0 radical (unpaired) electrons.